The molecule has 2 aliphatic heterocycles. The normalized spacial score (nSPS) is 20.2. The second-order valence-electron chi connectivity index (χ2n) is 7.91. The summed E-state index contributed by atoms with van der Waals surface area (Å²) in [6.07, 6.45) is -0.228. The molecule has 0 aliphatic carbocycles. The van der Waals surface area contributed by atoms with Crippen LogP contribution in [0.5, 0.6) is 0 Å². The molecule has 4 heterocycles. The summed E-state index contributed by atoms with van der Waals surface area (Å²) in [6.45, 7) is -0.251. The van der Waals surface area contributed by atoms with Gasteiger partial charge in [-0.2, -0.15) is 13.2 Å². The molecule has 2 aromatic heterocycles. The first-order valence-electron chi connectivity index (χ1n) is 9.85. The molecular weight excluding hydrogens is 395 g/mol. The Bertz CT molecular complexity index is 1090. The SMILES string of the molecule is O=C(C1CN(CC(F)(F)F)C1)N1CCc2[nH]cnc2[C@H]1c1cc2ccccc2cn1. The largest absolute Gasteiger partial charge is 0.401 e. The molecular formula is C21H20F3N5O. The Balaban J connectivity index is 1.43. The van der Waals surface area contributed by atoms with Gasteiger partial charge in [-0.05, 0) is 11.5 Å². The van der Waals surface area contributed by atoms with Gasteiger partial charge in [-0.15, -0.1) is 0 Å². The molecule has 156 valence electrons. The molecule has 3 aromatic rings. The number of fused-ring (bicyclic) bond motifs is 2. The maximum absolute atomic E-state index is 13.2. The number of halogens is 3. The number of benzene rings is 1. The second-order valence-corrected chi connectivity index (χ2v) is 7.91. The van der Waals surface area contributed by atoms with Crippen molar-refractivity contribution >= 4 is 16.7 Å². The number of rotatable bonds is 3. The van der Waals surface area contributed by atoms with E-state index in [1.165, 1.54) is 4.90 Å². The van der Waals surface area contributed by atoms with E-state index in [2.05, 4.69) is 15.0 Å². The molecule has 0 spiro atoms. The third-order valence-corrected chi connectivity index (χ3v) is 5.85. The van der Waals surface area contributed by atoms with Crippen LogP contribution >= 0.6 is 0 Å². The molecule has 0 unspecified atom stereocenters. The smallest absolute Gasteiger partial charge is 0.348 e. The van der Waals surface area contributed by atoms with Crippen molar-refractivity contribution in [2.75, 3.05) is 26.2 Å². The zero-order chi connectivity index (χ0) is 20.9. The van der Waals surface area contributed by atoms with Crippen LogP contribution in [0.2, 0.25) is 0 Å². The monoisotopic (exact) mass is 415 g/mol. The van der Waals surface area contributed by atoms with E-state index in [-0.39, 0.29) is 19.0 Å². The fraction of sp³-hybridized carbons (Fsp3) is 0.381. The molecule has 0 saturated carbocycles. The lowest BCUT2D eigenvalue weighted by Gasteiger charge is -2.43. The van der Waals surface area contributed by atoms with Gasteiger partial charge in [0.2, 0.25) is 5.91 Å². The summed E-state index contributed by atoms with van der Waals surface area (Å²) in [5, 5.41) is 2.01. The van der Waals surface area contributed by atoms with E-state index in [4.69, 9.17) is 0 Å². The predicted molar refractivity (Wildman–Crippen MR) is 104 cm³/mol. The lowest BCUT2D eigenvalue weighted by atomic mass is 9.93. The minimum atomic E-state index is -4.25. The van der Waals surface area contributed by atoms with Gasteiger partial charge in [0, 0.05) is 43.3 Å². The molecule has 1 saturated heterocycles. The lowest BCUT2D eigenvalue weighted by Crippen LogP contribution is -2.57. The molecule has 1 amide bonds. The molecule has 1 aromatic carbocycles. The number of hydrogen-bond donors (Lipinski definition) is 1. The molecule has 2 aliphatic rings. The first-order chi connectivity index (χ1) is 14.4. The zero-order valence-electron chi connectivity index (χ0n) is 16.1. The van der Waals surface area contributed by atoms with Crippen molar-refractivity contribution in [3.63, 3.8) is 0 Å². The van der Waals surface area contributed by atoms with Gasteiger partial charge in [0.05, 0.1) is 30.2 Å². The zero-order valence-corrected chi connectivity index (χ0v) is 16.1. The molecule has 0 radical (unpaired) electrons. The molecule has 5 rings (SSSR count). The van der Waals surface area contributed by atoms with Gasteiger partial charge in [0.15, 0.2) is 0 Å². The summed E-state index contributed by atoms with van der Waals surface area (Å²) in [4.78, 5) is 28.4. The van der Waals surface area contributed by atoms with E-state index < -0.39 is 24.7 Å². The Kier molecular flexibility index (Phi) is 4.50. The minimum absolute atomic E-state index is 0.125. The third kappa shape index (κ3) is 3.43. The summed E-state index contributed by atoms with van der Waals surface area (Å²) >= 11 is 0. The maximum Gasteiger partial charge on any atom is 0.401 e. The van der Waals surface area contributed by atoms with Gasteiger partial charge >= 0.3 is 6.18 Å². The summed E-state index contributed by atoms with van der Waals surface area (Å²) in [5.74, 6) is -0.571. The van der Waals surface area contributed by atoms with E-state index in [9.17, 15) is 18.0 Å². The highest BCUT2D eigenvalue weighted by Gasteiger charge is 2.44. The van der Waals surface area contributed by atoms with Gasteiger partial charge in [-0.3, -0.25) is 14.7 Å². The van der Waals surface area contributed by atoms with Crippen LogP contribution in [0.4, 0.5) is 13.2 Å². The van der Waals surface area contributed by atoms with Crippen LogP contribution in [0, 0.1) is 5.92 Å². The summed E-state index contributed by atoms with van der Waals surface area (Å²) in [5.41, 5.74) is 2.43. The van der Waals surface area contributed by atoms with Crippen LogP contribution in [0.3, 0.4) is 0 Å². The first-order valence-corrected chi connectivity index (χ1v) is 9.85. The van der Waals surface area contributed by atoms with Crippen molar-refractivity contribution in [1.82, 2.24) is 24.8 Å². The van der Waals surface area contributed by atoms with Crippen molar-refractivity contribution in [3.05, 3.63) is 59.9 Å². The summed E-state index contributed by atoms with van der Waals surface area (Å²) in [6, 6.07) is 9.35. The number of nitrogens with zero attached hydrogens (tertiary/aromatic N) is 4. The Hall–Kier alpha value is -2.94. The maximum atomic E-state index is 13.2. The fourth-order valence-corrected chi connectivity index (χ4v) is 4.41. The number of nitrogens with one attached hydrogen (secondary N) is 1. The van der Waals surface area contributed by atoms with Crippen molar-refractivity contribution < 1.29 is 18.0 Å². The van der Waals surface area contributed by atoms with Crippen LogP contribution in [-0.2, 0) is 11.2 Å². The first kappa shape index (κ1) is 19.0. The molecule has 0 bridgehead atoms. The Labute approximate surface area is 170 Å². The van der Waals surface area contributed by atoms with Gasteiger partial charge < -0.3 is 9.88 Å². The number of likely N-dealkylation sites (tertiary alicyclic amines) is 1. The number of pyridine rings is 1. The fourth-order valence-electron chi connectivity index (χ4n) is 4.41. The number of H-pyrrole nitrogens is 1. The highest BCUT2D eigenvalue weighted by Crippen LogP contribution is 2.36. The van der Waals surface area contributed by atoms with Crippen LogP contribution in [-0.4, -0.2) is 63.0 Å². The number of aromatic nitrogens is 3. The number of aromatic amines is 1. The molecule has 1 atom stereocenters. The van der Waals surface area contributed by atoms with Crippen molar-refractivity contribution in [2.24, 2.45) is 5.92 Å². The number of hydrogen-bond acceptors (Lipinski definition) is 4. The summed E-state index contributed by atoms with van der Waals surface area (Å²) < 4.78 is 37.8. The Morgan fingerprint density at radius 3 is 2.70 bits per heavy atom. The minimum Gasteiger partial charge on any atom is -0.348 e. The summed E-state index contributed by atoms with van der Waals surface area (Å²) in [7, 11) is 0. The number of carbonyl (C=O) groups is 1. The molecule has 6 nitrogen and oxygen atoms in total. The van der Waals surface area contributed by atoms with E-state index in [0.29, 0.717) is 18.7 Å². The molecule has 1 fully saturated rings. The average molecular weight is 415 g/mol. The van der Waals surface area contributed by atoms with Crippen LogP contribution < -0.4 is 0 Å². The van der Waals surface area contributed by atoms with E-state index in [0.717, 1.165) is 22.2 Å². The number of amides is 1. The molecule has 9 heteroatoms. The predicted octanol–water partition coefficient (Wildman–Crippen LogP) is 2.93. The van der Waals surface area contributed by atoms with E-state index in [1.54, 1.807) is 17.4 Å². The average Bonchev–Trinajstić information content (AvgIpc) is 3.17. The van der Waals surface area contributed by atoms with Crippen LogP contribution in [0.15, 0.2) is 42.9 Å². The van der Waals surface area contributed by atoms with Gasteiger partial charge in [-0.1, -0.05) is 24.3 Å². The topological polar surface area (TPSA) is 65.1 Å². The van der Waals surface area contributed by atoms with Crippen molar-refractivity contribution in [3.8, 4) is 0 Å². The van der Waals surface area contributed by atoms with Crippen LogP contribution in [0.1, 0.15) is 23.1 Å². The highest BCUT2D eigenvalue weighted by atomic mass is 19.4. The lowest BCUT2D eigenvalue weighted by molar-refractivity contribution is -0.167. The molecule has 1 N–H and O–H groups in total. The quantitative estimate of drug-likeness (QED) is 0.715. The highest BCUT2D eigenvalue weighted by molar-refractivity contribution is 5.83. The third-order valence-electron chi connectivity index (χ3n) is 5.85. The Morgan fingerprint density at radius 2 is 1.93 bits per heavy atom. The van der Waals surface area contributed by atoms with Gasteiger partial charge in [-0.25, -0.2) is 4.98 Å². The Morgan fingerprint density at radius 1 is 1.17 bits per heavy atom. The molecule has 30 heavy (non-hydrogen) atoms. The van der Waals surface area contributed by atoms with Gasteiger partial charge in [0.1, 0.15) is 6.04 Å². The number of carbonyl (C=O) groups excluding carboxylic acids is 1. The standard InChI is InChI=1S/C21H20F3N5O/c22-21(23,24)11-28-9-15(10-28)20(30)29-6-5-16-18(27-12-26-16)19(29)17-7-13-3-1-2-4-14(13)8-25-17/h1-4,7-8,12,15,19H,5-6,9-11H2,(H,26,27)/t19-/m1/s1. The van der Waals surface area contributed by atoms with Crippen LogP contribution in [0.25, 0.3) is 10.8 Å². The second kappa shape index (κ2) is 7.09. The van der Waals surface area contributed by atoms with Crippen molar-refractivity contribution in [1.29, 1.82) is 0 Å². The van der Waals surface area contributed by atoms with E-state index >= 15 is 0 Å². The van der Waals surface area contributed by atoms with Gasteiger partial charge in [0.25, 0.3) is 0 Å². The number of alkyl halides is 3. The van der Waals surface area contributed by atoms with E-state index in [1.807, 2.05) is 30.3 Å². The number of imidazole rings is 1. The van der Waals surface area contributed by atoms with Crippen molar-refractivity contribution in [2.45, 2.75) is 18.6 Å².